The maximum absolute atomic E-state index is 13.3. The number of aromatic nitrogens is 1. The zero-order valence-electron chi connectivity index (χ0n) is 18.0. The van der Waals surface area contributed by atoms with E-state index in [1.165, 1.54) is 29.5 Å². The van der Waals surface area contributed by atoms with Gasteiger partial charge < -0.3 is 9.80 Å². The SMILES string of the molecule is Cc1ccc(Sc2ncccc2C(=O)N2CCN(c3ccc([N+](=O)[O-])cc3)CC2)c(C)c1. The highest BCUT2D eigenvalue weighted by atomic mass is 32.2. The van der Waals surface area contributed by atoms with Crippen LogP contribution < -0.4 is 4.90 Å². The first-order chi connectivity index (χ1) is 15.4. The molecule has 8 heteroatoms. The fourth-order valence-electron chi connectivity index (χ4n) is 3.78. The molecule has 0 bridgehead atoms. The number of carbonyl (C=O) groups is 1. The topological polar surface area (TPSA) is 79.6 Å². The van der Waals surface area contributed by atoms with E-state index in [-0.39, 0.29) is 11.6 Å². The Balaban J connectivity index is 1.45. The van der Waals surface area contributed by atoms with Crippen molar-refractivity contribution >= 4 is 29.0 Å². The second-order valence-electron chi connectivity index (χ2n) is 7.78. The van der Waals surface area contributed by atoms with E-state index in [1.807, 2.05) is 11.0 Å². The summed E-state index contributed by atoms with van der Waals surface area (Å²) in [4.78, 5) is 33.3. The van der Waals surface area contributed by atoms with Gasteiger partial charge in [0, 0.05) is 55.1 Å². The molecule has 0 radical (unpaired) electrons. The Morgan fingerprint density at radius 3 is 2.41 bits per heavy atom. The zero-order valence-corrected chi connectivity index (χ0v) is 18.8. The molecule has 32 heavy (non-hydrogen) atoms. The third kappa shape index (κ3) is 4.75. The van der Waals surface area contributed by atoms with Gasteiger partial charge in [-0.05, 0) is 49.7 Å². The fraction of sp³-hybridized carbons (Fsp3) is 0.250. The summed E-state index contributed by atoms with van der Waals surface area (Å²) in [6.07, 6.45) is 1.72. The number of benzene rings is 2. The minimum Gasteiger partial charge on any atom is -0.368 e. The van der Waals surface area contributed by atoms with Crippen LogP contribution in [0.25, 0.3) is 0 Å². The molecule has 4 rings (SSSR count). The summed E-state index contributed by atoms with van der Waals surface area (Å²) in [6.45, 7) is 6.63. The van der Waals surface area contributed by atoms with Crippen molar-refractivity contribution in [1.82, 2.24) is 9.88 Å². The molecule has 1 aliphatic rings. The summed E-state index contributed by atoms with van der Waals surface area (Å²) in [6, 6.07) is 16.4. The van der Waals surface area contributed by atoms with Gasteiger partial charge in [-0.3, -0.25) is 14.9 Å². The number of anilines is 1. The largest absolute Gasteiger partial charge is 0.368 e. The monoisotopic (exact) mass is 448 g/mol. The molecule has 0 N–H and O–H groups in total. The van der Waals surface area contributed by atoms with E-state index in [1.54, 1.807) is 24.4 Å². The number of non-ortho nitro benzene ring substituents is 1. The number of rotatable bonds is 5. The van der Waals surface area contributed by atoms with Crippen LogP contribution in [-0.4, -0.2) is 46.9 Å². The van der Waals surface area contributed by atoms with E-state index >= 15 is 0 Å². The van der Waals surface area contributed by atoms with Gasteiger partial charge in [-0.2, -0.15) is 0 Å². The molecule has 0 saturated carbocycles. The number of hydrogen-bond donors (Lipinski definition) is 0. The van der Waals surface area contributed by atoms with Crippen molar-refractivity contribution in [3.8, 4) is 0 Å². The molecular formula is C24H24N4O3S. The van der Waals surface area contributed by atoms with Crippen molar-refractivity contribution in [1.29, 1.82) is 0 Å². The summed E-state index contributed by atoms with van der Waals surface area (Å²) in [7, 11) is 0. The molecule has 0 spiro atoms. The van der Waals surface area contributed by atoms with Crippen LogP contribution in [0.5, 0.6) is 0 Å². The molecular weight excluding hydrogens is 424 g/mol. The average molecular weight is 449 g/mol. The normalized spacial score (nSPS) is 13.8. The maximum atomic E-state index is 13.3. The molecule has 1 fully saturated rings. The van der Waals surface area contributed by atoms with E-state index in [9.17, 15) is 14.9 Å². The zero-order chi connectivity index (χ0) is 22.7. The van der Waals surface area contributed by atoms with E-state index in [0.29, 0.717) is 36.8 Å². The molecule has 1 amide bonds. The van der Waals surface area contributed by atoms with Gasteiger partial charge in [-0.25, -0.2) is 4.98 Å². The molecule has 0 unspecified atom stereocenters. The summed E-state index contributed by atoms with van der Waals surface area (Å²) in [5.41, 5.74) is 3.98. The minimum absolute atomic E-state index is 0.0197. The molecule has 2 heterocycles. The van der Waals surface area contributed by atoms with Crippen molar-refractivity contribution in [2.75, 3.05) is 31.1 Å². The van der Waals surface area contributed by atoms with E-state index < -0.39 is 4.92 Å². The standard InChI is InChI=1S/C24H24N4O3S/c1-17-5-10-22(18(2)16-17)32-23-21(4-3-11-25-23)24(29)27-14-12-26(13-15-27)19-6-8-20(9-7-19)28(30)31/h3-11,16H,12-15H2,1-2H3. The van der Waals surface area contributed by atoms with Gasteiger partial charge in [-0.15, -0.1) is 0 Å². The quantitative estimate of drug-likeness (QED) is 0.415. The molecule has 0 atom stereocenters. The summed E-state index contributed by atoms with van der Waals surface area (Å²) in [5, 5.41) is 11.6. The highest BCUT2D eigenvalue weighted by molar-refractivity contribution is 7.99. The van der Waals surface area contributed by atoms with E-state index in [4.69, 9.17) is 0 Å². The highest BCUT2D eigenvalue weighted by Gasteiger charge is 2.25. The lowest BCUT2D eigenvalue weighted by Crippen LogP contribution is -2.48. The van der Waals surface area contributed by atoms with Crippen LogP contribution in [0.4, 0.5) is 11.4 Å². The average Bonchev–Trinajstić information content (AvgIpc) is 2.81. The lowest BCUT2D eigenvalue weighted by Gasteiger charge is -2.36. The van der Waals surface area contributed by atoms with Crippen molar-refractivity contribution in [3.63, 3.8) is 0 Å². The van der Waals surface area contributed by atoms with Gasteiger partial charge in [-0.1, -0.05) is 29.5 Å². The van der Waals surface area contributed by atoms with E-state index in [2.05, 4.69) is 41.9 Å². The van der Waals surface area contributed by atoms with Gasteiger partial charge in [0.2, 0.25) is 0 Å². The smallest absolute Gasteiger partial charge is 0.269 e. The number of nitro benzene ring substituents is 1. The predicted octanol–water partition coefficient (Wildman–Crippen LogP) is 4.72. The lowest BCUT2D eigenvalue weighted by molar-refractivity contribution is -0.384. The number of piperazine rings is 1. The van der Waals surface area contributed by atoms with Gasteiger partial charge in [0.1, 0.15) is 5.03 Å². The third-order valence-electron chi connectivity index (χ3n) is 5.53. The summed E-state index contributed by atoms with van der Waals surface area (Å²) in [5.74, 6) is -0.0197. The van der Waals surface area contributed by atoms with Gasteiger partial charge >= 0.3 is 0 Å². The minimum atomic E-state index is -0.401. The van der Waals surface area contributed by atoms with Gasteiger partial charge in [0.25, 0.3) is 11.6 Å². The lowest BCUT2D eigenvalue weighted by atomic mass is 10.2. The van der Waals surface area contributed by atoms with E-state index in [0.717, 1.165) is 16.1 Å². The van der Waals surface area contributed by atoms with Gasteiger partial charge in [0.05, 0.1) is 10.5 Å². The predicted molar refractivity (Wildman–Crippen MR) is 125 cm³/mol. The third-order valence-corrected chi connectivity index (χ3v) is 6.73. The number of carbonyl (C=O) groups excluding carboxylic acids is 1. The van der Waals surface area contributed by atoms with Crippen LogP contribution in [-0.2, 0) is 0 Å². The molecule has 3 aromatic rings. The summed E-state index contributed by atoms with van der Waals surface area (Å²) < 4.78 is 0. The number of amides is 1. The van der Waals surface area contributed by atoms with Crippen LogP contribution in [0.3, 0.4) is 0 Å². The van der Waals surface area contributed by atoms with Crippen LogP contribution >= 0.6 is 11.8 Å². The fourth-order valence-corrected chi connectivity index (χ4v) is 4.72. The first-order valence-corrected chi connectivity index (χ1v) is 11.2. The number of nitrogens with zero attached hydrogens (tertiary/aromatic N) is 4. The van der Waals surface area contributed by atoms with Crippen LogP contribution in [0.2, 0.25) is 0 Å². The van der Waals surface area contributed by atoms with Crippen molar-refractivity contribution < 1.29 is 9.72 Å². The van der Waals surface area contributed by atoms with Crippen LogP contribution in [0, 0.1) is 24.0 Å². The van der Waals surface area contributed by atoms with Gasteiger partial charge in [0.15, 0.2) is 0 Å². The number of nitro groups is 1. The van der Waals surface area contributed by atoms with Crippen LogP contribution in [0.1, 0.15) is 21.5 Å². The van der Waals surface area contributed by atoms with Crippen molar-refractivity contribution in [3.05, 3.63) is 87.6 Å². The first kappa shape index (κ1) is 21.8. The summed E-state index contributed by atoms with van der Waals surface area (Å²) >= 11 is 1.52. The van der Waals surface area contributed by atoms with Crippen LogP contribution in [0.15, 0.2) is 70.7 Å². The molecule has 164 valence electrons. The Bertz CT molecular complexity index is 1140. The van der Waals surface area contributed by atoms with Crippen molar-refractivity contribution in [2.24, 2.45) is 0 Å². The maximum Gasteiger partial charge on any atom is 0.269 e. The molecule has 1 saturated heterocycles. The Kier molecular flexibility index (Phi) is 6.41. The Morgan fingerprint density at radius 2 is 1.75 bits per heavy atom. The second-order valence-corrected chi connectivity index (χ2v) is 8.81. The Hall–Kier alpha value is -3.39. The highest BCUT2D eigenvalue weighted by Crippen LogP contribution is 2.32. The molecule has 7 nitrogen and oxygen atoms in total. The number of pyridine rings is 1. The van der Waals surface area contributed by atoms with Crippen molar-refractivity contribution in [2.45, 2.75) is 23.8 Å². The number of hydrogen-bond acceptors (Lipinski definition) is 6. The molecule has 0 aliphatic carbocycles. The second kappa shape index (κ2) is 9.40. The molecule has 1 aromatic heterocycles. The first-order valence-electron chi connectivity index (χ1n) is 10.4. The number of aryl methyl sites for hydroxylation is 2. The Labute approximate surface area is 191 Å². The Morgan fingerprint density at radius 1 is 1.03 bits per heavy atom. The molecule has 2 aromatic carbocycles. The molecule has 1 aliphatic heterocycles.